The van der Waals surface area contributed by atoms with Gasteiger partial charge in [-0.1, -0.05) is 0 Å². The van der Waals surface area contributed by atoms with Crippen molar-refractivity contribution in [2.75, 3.05) is 13.1 Å². The number of carbonyl (C=O) groups excluding carboxylic acids is 2. The molecule has 1 aromatic carbocycles. The Bertz CT molecular complexity index is 482. The summed E-state index contributed by atoms with van der Waals surface area (Å²) in [6, 6.07) is 5.96. The number of carboxylic acid groups (broad SMARTS) is 1. The Labute approximate surface area is 110 Å². The lowest BCUT2D eigenvalue weighted by molar-refractivity contribution is -0.137. The summed E-state index contributed by atoms with van der Waals surface area (Å²) in [6.45, 7) is 2.35. The molecule has 0 aliphatic rings. The van der Waals surface area contributed by atoms with Gasteiger partial charge in [0.2, 0.25) is 5.91 Å². The molecule has 1 rings (SSSR count). The third kappa shape index (κ3) is 4.09. The SMILES string of the molecule is CCN(CCC(=O)O)C(=O)c1ccc(C(N)=O)cc1. The molecule has 0 saturated carbocycles. The van der Waals surface area contributed by atoms with E-state index in [9.17, 15) is 14.4 Å². The number of carboxylic acids is 1. The van der Waals surface area contributed by atoms with Crippen LogP contribution in [-0.4, -0.2) is 40.9 Å². The largest absolute Gasteiger partial charge is 0.481 e. The van der Waals surface area contributed by atoms with Gasteiger partial charge in [0.25, 0.3) is 5.91 Å². The first-order chi connectivity index (χ1) is 8.95. The number of hydrogen-bond donors (Lipinski definition) is 2. The third-order valence-corrected chi connectivity index (χ3v) is 2.68. The minimum atomic E-state index is -0.949. The lowest BCUT2D eigenvalue weighted by Gasteiger charge is -2.20. The monoisotopic (exact) mass is 264 g/mol. The Morgan fingerprint density at radius 1 is 1.16 bits per heavy atom. The van der Waals surface area contributed by atoms with E-state index in [1.165, 1.54) is 29.2 Å². The molecule has 6 nitrogen and oxygen atoms in total. The van der Waals surface area contributed by atoms with Crippen molar-refractivity contribution in [3.63, 3.8) is 0 Å². The number of primary amides is 1. The van der Waals surface area contributed by atoms with Gasteiger partial charge in [0, 0.05) is 24.2 Å². The highest BCUT2D eigenvalue weighted by Crippen LogP contribution is 2.08. The third-order valence-electron chi connectivity index (χ3n) is 2.68. The van der Waals surface area contributed by atoms with Crippen LogP contribution in [-0.2, 0) is 4.79 Å². The molecule has 6 heteroatoms. The van der Waals surface area contributed by atoms with Crippen molar-refractivity contribution in [3.05, 3.63) is 35.4 Å². The fourth-order valence-electron chi connectivity index (χ4n) is 1.59. The van der Waals surface area contributed by atoms with Gasteiger partial charge in [0.05, 0.1) is 6.42 Å². The van der Waals surface area contributed by atoms with Gasteiger partial charge in [-0.25, -0.2) is 0 Å². The second-order valence-electron chi connectivity index (χ2n) is 3.97. The summed E-state index contributed by atoms with van der Waals surface area (Å²) >= 11 is 0. The van der Waals surface area contributed by atoms with Crippen LogP contribution in [0, 0.1) is 0 Å². The summed E-state index contributed by atoms with van der Waals surface area (Å²) in [5.74, 6) is -1.77. The number of nitrogens with zero attached hydrogens (tertiary/aromatic N) is 1. The summed E-state index contributed by atoms with van der Waals surface area (Å²) in [6.07, 6.45) is -0.0983. The molecule has 0 heterocycles. The molecule has 19 heavy (non-hydrogen) atoms. The summed E-state index contributed by atoms with van der Waals surface area (Å²) in [4.78, 5) is 34.9. The molecule has 0 aliphatic heterocycles. The Balaban J connectivity index is 2.79. The maximum absolute atomic E-state index is 12.1. The molecule has 0 aliphatic carbocycles. The van der Waals surface area contributed by atoms with Gasteiger partial charge >= 0.3 is 5.97 Å². The smallest absolute Gasteiger partial charge is 0.305 e. The minimum absolute atomic E-state index is 0.0983. The van der Waals surface area contributed by atoms with Crippen molar-refractivity contribution < 1.29 is 19.5 Å². The molecule has 2 amide bonds. The molecular formula is C13H16N2O4. The Kier molecular flexibility index (Phi) is 5.05. The van der Waals surface area contributed by atoms with Crippen LogP contribution in [0.2, 0.25) is 0 Å². The van der Waals surface area contributed by atoms with Crippen molar-refractivity contribution in [2.24, 2.45) is 5.73 Å². The molecular weight excluding hydrogens is 248 g/mol. The van der Waals surface area contributed by atoms with E-state index in [1.807, 2.05) is 0 Å². The van der Waals surface area contributed by atoms with E-state index >= 15 is 0 Å². The van der Waals surface area contributed by atoms with Crippen LogP contribution in [0.25, 0.3) is 0 Å². The van der Waals surface area contributed by atoms with Crippen molar-refractivity contribution >= 4 is 17.8 Å². The van der Waals surface area contributed by atoms with Crippen molar-refractivity contribution in [3.8, 4) is 0 Å². The number of carbonyl (C=O) groups is 3. The highest BCUT2D eigenvalue weighted by atomic mass is 16.4. The molecule has 0 fully saturated rings. The summed E-state index contributed by atoms with van der Waals surface area (Å²) in [7, 11) is 0. The standard InChI is InChI=1S/C13H16N2O4/c1-2-15(8-7-11(16)17)13(19)10-5-3-9(4-6-10)12(14)18/h3-6H,2,7-8H2,1H3,(H2,14,18)(H,16,17). The van der Waals surface area contributed by atoms with Crippen LogP contribution >= 0.6 is 0 Å². The van der Waals surface area contributed by atoms with Crippen molar-refractivity contribution in [1.29, 1.82) is 0 Å². The van der Waals surface area contributed by atoms with Gasteiger partial charge in [-0.3, -0.25) is 14.4 Å². The van der Waals surface area contributed by atoms with E-state index in [0.717, 1.165) is 0 Å². The first kappa shape index (κ1) is 14.7. The van der Waals surface area contributed by atoms with Gasteiger partial charge in [0.15, 0.2) is 0 Å². The highest BCUT2D eigenvalue weighted by molar-refractivity contribution is 5.97. The predicted molar refractivity (Wildman–Crippen MR) is 68.8 cm³/mol. The molecule has 0 unspecified atom stereocenters. The quantitative estimate of drug-likeness (QED) is 0.790. The topological polar surface area (TPSA) is 101 Å². The van der Waals surface area contributed by atoms with E-state index in [0.29, 0.717) is 17.7 Å². The van der Waals surface area contributed by atoms with Gasteiger partial charge in [-0.05, 0) is 31.2 Å². The predicted octanol–water partition coefficient (Wildman–Crippen LogP) is 0.722. The fraction of sp³-hybridized carbons (Fsp3) is 0.308. The summed E-state index contributed by atoms with van der Waals surface area (Å²) in [5.41, 5.74) is 5.83. The van der Waals surface area contributed by atoms with Crippen LogP contribution in [0.5, 0.6) is 0 Å². The summed E-state index contributed by atoms with van der Waals surface area (Å²) in [5, 5.41) is 8.62. The van der Waals surface area contributed by atoms with Gasteiger partial charge in [0.1, 0.15) is 0 Å². The average Bonchev–Trinajstić information content (AvgIpc) is 2.39. The number of aliphatic carboxylic acids is 1. The Morgan fingerprint density at radius 3 is 2.11 bits per heavy atom. The van der Waals surface area contributed by atoms with Crippen LogP contribution < -0.4 is 5.73 Å². The number of hydrogen-bond acceptors (Lipinski definition) is 3. The fourth-order valence-corrected chi connectivity index (χ4v) is 1.59. The number of nitrogens with two attached hydrogens (primary N) is 1. The zero-order valence-electron chi connectivity index (χ0n) is 10.6. The average molecular weight is 264 g/mol. The molecule has 0 atom stereocenters. The Morgan fingerprint density at radius 2 is 1.68 bits per heavy atom. The zero-order valence-corrected chi connectivity index (χ0v) is 10.6. The first-order valence-electron chi connectivity index (χ1n) is 5.86. The summed E-state index contributed by atoms with van der Waals surface area (Å²) < 4.78 is 0. The van der Waals surface area contributed by atoms with Gasteiger partial charge in [-0.15, -0.1) is 0 Å². The Hall–Kier alpha value is -2.37. The van der Waals surface area contributed by atoms with E-state index < -0.39 is 11.9 Å². The molecule has 102 valence electrons. The van der Waals surface area contributed by atoms with E-state index in [-0.39, 0.29) is 18.9 Å². The van der Waals surface area contributed by atoms with E-state index in [1.54, 1.807) is 6.92 Å². The first-order valence-corrected chi connectivity index (χ1v) is 5.86. The molecule has 0 bridgehead atoms. The normalized spacial score (nSPS) is 9.95. The lowest BCUT2D eigenvalue weighted by Crippen LogP contribution is -2.32. The van der Waals surface area contributed by atoms with E-state index in [2.05, 4.69) is 0 Å². The van der Waals surface area contributed by atoms with Gasteiger partial charge in [-0.2, -0.15) is 0 Å². The molecule has 0 aromatic heterocycles. The number of rotatable bonds is 6. The molecule has 0 spiro atoms. The van der Waals surface area contributed by atoms with Crippen LogP contribution in [0.3, 0.4) is 0 Å². The second kappa shape index (κ2) is 6.53. The van der Waals surface area contributed by atoms with Crippen LogP contribution in [0.15, 0.2) is 24.3 Å². The molecule has 0 radical (unpaired) electrons. The zero-order chi connectivity index (χ0) is 14.4. The maximum atomic E-state index is 12.1. The van der Waals surface area contributed by atoms with Crippen LogP contribution in [0.1, 0.15) is 34.1 Å². The molecule has 3 N–H and O–H groups in total. The van der Waals surface area contributed by atoms with Crippen molar-refractivity contribution in [1.82, 2.24) is 4.90 Å². The highest BCUT2D eigenvalue weighted by Gasteiger charge is 2.15. The van der Waals surface area contributed by atoms with Crippen LogP contribution in [0.4, 0.5) is 0 Å². The van der Waals surface area contributed by atoms with Gasteiger partial charge < -0.3 is 15.7 Å². The second-order valence-corrected chi connectivity index (χ2v) is 3.97. The van der Waals surface area contributed by atoms with E-state index in [4.69, 9.17) is 10.8 Å². The maximum Gasteiger partial charge on any atom is 0.305 e. The molecule has 1 aromatic rings. The number of benzene rings is 1. The number of amides is 2. The van der Waals surface area contributed by atoms with Crippen molar-refractivity contribution in [2.45, 2.75) is 13.3 Å². The lowest BCUT2D eigenvalue weighted by atomic mass is 10.1. The molecule has 0 saturated heterocycles. The minimum Gasteiger partial charge on any atom is -0.481 e.